The van der Waals surface area contributed by atoms with E-state index in [2.05, 4.69) is 0 Å². The summed E-state index contributed by atoms with van der Waals surface area (Å²) in [5, 5.41) is 8.67. The predicted molar refractivity (Wildman–Crippen MR) is 99.4 cm³/mol. The number of hydrogen-bond acceptors (Lipinski definition) is 6. The first kappa shape index (κ1) is 25.1. The van der Waals surface area contributed by atoms with Crippen molar-refractivity contribution in [3.05, 3.63) is 0 Å². The van der Waals surface area contributed by atoms with Gasteiger partial charge < -0.3 is 29.4 Å². The lowest BCUT2D eigenvalue weighted by Gasteiger charge is -2.27. The number of hydrogen-bond donors (Lipinski definition) is 1. The Bertz CT molecular complexity index is 615. The summed E-state index contributed by atoms with van der Waals surface area (Å²) in [6, 6.07) is 0. The Morgan fingerprint density at radius 2 is 1.00 bits per heavy atom. The molecule has 0 saturated carbocycles. The number of carbonyl (C=O) groups excluding carboxylic acids is 4. The molecule has 28 heavy (non-hydrogen) atoms. The number of aliphatic carboxylic acids is 1. The van der Waals surface area contributed by atoms with Gasteiger partial charge in [-0.25, -0.2) is 4.79 Å². The van der Waals surface area contributed by atoms with E-state index in [1.165, 1.54) is 28.2 Å². The Labute approximate surface area is 164 Å². The first-order chi connectivity index (χ1) is 12.6. The zero-order valence-electron chi connectivity index (χ0n) is 17.5. The van der Waals surface area contributed by atoms with Crippen LogP contribution < -0.4 is 0 Å². The molecular formula is C17H30N4O7. The van der Waals surface area contributed by atoms with Crippen molar-refractivity contribution < 1.29 is 33.8 Å². The minimum Gasteiger partial charge on any atom is -0.480 e. The average molecular weight is 402 g/mol. The molecule has 0 aliphatic heterocycles. The summed E-state index contributed by atoms with van der Waals surface area (Å²) < 4.78 is 5.15. The first-order valence-corrected chi connectivity index (χ1v) is 8.51. The van der Waals surface area contributed by atoms with E-state index < -0.39 is 41.9 Å². The maximum atomic E-state index is 12.2. The third-order valence-electron chi connectivity index (χ3n) is 3.47. The third-order valence-corrected chi connectivity index (χ3v) is 3.47. The minimum absolute atomic E-state index is 0.275. The van der Waals surface area contributed by atoms with E-state index in [-0.39, 0.29) is 19.6 Å². The highest BCUT2D eigenvalue weighted by atomic mass is 16.6. The fourth-order valence-electron chi connectivity index (χ4n) is 1.84. The van der Waals surface area contributed by atoms with Crippen molar-refractivity contribution in [3.8, 4) is 0 Å². The quantitative estimate of drug-likeness (QED) is 0.569. The fraction of sp³-hybridized carbons (Fsp3) is 0.706. The predicted octanol–water partition coefficient (Wildman–Crippen LogP) is -0.687. The van der Waals surface area contributed by atoms with E-state index in [0.717, 1.165) is 19.6 Å². The van der Waals surface area contributed by atoms with Crippen molar-refractivity contribution in [1.82, 2.24) is 19.6 Å². The molecule has 11 nitrogen and oxygen atoms in total. The average Bonchev–Trinajstić information content (AvgIpc) is 2.51. The van der Waals surface area contributed by atoms with Crippen LogP contribution in [0.5, 0.6) is 0 Å². The van der Waals surface area contributed by atoms with E-state index in [1.54, 1.807) is 20.8 Å². The minimum atomic E-state index is -1.16. The van der Waals surface area contributed by atoms with Gasteiger partial charge in [0.1, 0.15) is 18.7 Å². The molecule has 0 aromatic carbocycles. The smallest absolute Gasteiger partial charge is 0.410 e. The zero-order chi connectivity index (χ0) is 22.2. The summed E-state index contributed by atoms with van der Waals surface area (Å²) in [6.07, 6.45) is -0.662. The second-order valence-corrected chi connectivity index (χ2v) is 7.48. The normalized spacial score (nSPS) is 10.7. The summed E-state index contributed by atoms with van der Waals surface area (Å²) >= 11 is 0. The molecule has 0 radical (unpaired) electrons. The number of carboxylic acids is 1. The lowest BCUT2D eigenvalue weighted by molar-refractivity contribution is -0.146. The van der Waals surface area contributed by atoms with Crippen LogP contribution in [0.25, 0.3) is 0 Å². The van der Waals surface area contributed by atoms with Crippen LogP contribution in [0.15, 0.2) is 0 Å². The summed E-state index contributed by atoms with van der Waals surface area (Å²) in [6.45, 7) is 3.75. The van der Waals surface area contributed by atoms with Crippen LogP contribution in [-0.2, 0) is 23.9 Å². The number of carbonyl (C=O) groups is 5. The summed E-state index contributed by atoms with van der Waals surface area (Å²) in [5.41, 5.74) is -0.695. The Balaban J connectivity index is 4.59. The lowest BCUT2D eigenvalue weighted by Crippen LogP contribution is -2.47. The monoisotopic (exact) mass is 402 g/mol. The molecule has 11 heteroatoms. The molecule has 0 aliphatic rings. The van der Waals surface area contributed by atoms with Crippen LogP contribution in [-0.4, -0.2) is 114 Å². The highest BCUT2D eigenvalue weighted by Crippen LogP contribution is 2.09. The Hall–Kier alpha value is -2.85. The Morgan fingerprint density at radius 1 is 0.679 bits per heavy atom. The molecule has 0 aliphatic carbocycles. The molecule has 1 N–H and O–H groups in total. The van der Waals surface area contributed by atoms with Gasteiger partial charge in [0.15, 0.2) is 0 Å². The molecule has 0 aromatic rings. The van der Waals surface area contributed by atoms with E-state index in [1.807, 2.05) is 0 Å². The van der Waals surface area contributed by atoms with Gasteiger partial charge in [-0.15, -0.1) is 0 Å². The van der Waals surface area contributed by atoms with Crippen molar-refractivity contribution in [3.63, 3.8) is 0 Å². The standard InChI is InChI=1S/C17H30N4O7/c1-17(2,3)28-16(27)21(7)10-14(24)19(5)8-12(22)18(4)9-13(23)20(6)11-15(25)26/h8-11H2,1-7H3,(H,25,26). The van der Waals surface area contributed by atoms with Gasteiger partial charge in [-0.1, -0.05) is 0 Å². The number of rotatable bonds is 8. The molecule has 0 atom stereocenters. The van der Waals surface area contributed by atoms with Gasteiger partial charge in [-0.3, -0.25) is 19.2 Å². The van der Waals surface area contributed by atoms with Crippen LogP contribution in [0.2, 0.25) is 0 Å². The van der Waals surface area contributed by atoms with Crippen LogP contribution in [0.3, 0.4) is 0 Å². The largest absolute Gasteiger partial charge is 0.480 e. The number of carboxylic acid groups (broad SMARTS) is 1. The van der Waals surface area contributed by atoms with Gasteiger partial charge in [-0.05, 0) is 20.8 Å². The van der Waals surface area contributed by atoms with Crippen molar-refractivity contribution in [1.29, 1.82) is 0 Å². The summed E-state index contributed by atoms with van der Waals surface area (Å²) in [7, 11) is 5.50. The van der Waals surface area contributed by atoms with Gasteiger partial charge in [-0.2, -0.15) is 0 Å². The molecule has 0 heterocycles. The molecule has 0 saturated heterocycles. The molecule has 0 bridgehead atoms. The maximum Gasteiger partial charge on any atom is 0.410 e. The van der Waals surface area contributed by atoms with E-state index in [0.29, 0.717) is 0 Å². The van der Waals surface area contributed by atoms with Gasteiger partial charge in [0, 0.05) is 28.2 Å². The SMILES string of the molecule is CN(CC(=O)O)C(=O)CN(C)C(=O)CN(C)C(=O)CN(C)C(=O)OC(C)(C)C. The number of nitrogens with zero attached hydrogens (tertiary/aromatic N) is 4. The van der Waals surface area contributed by atoms with E-state index in [4.69, 9.17) is 9.84 Å². The molecule has 0 aromatic heterocycles. The Morgan fingerprint density at radius 3 is 1.32 bits per heavy atom. The number of amides is 4. The molecule has 0 spiro atoms. The second-order valence-electron chi connectivity index (χ2n) is 7.48. The van der Waals surface area contributed by atoms with E-state index in [9.17, 15) is 24.0 Å². The second kappa shape index (κ2) is 10.5. The molecule has 0 unspecified atom stereocenters. The van der Waals surface area contributed by atoms with Crippen molar-refractivity contribution in [2.45, 2.75) is 26.4 Å². The topological polar surface area (TPSA) is 128 Å². The highest BCUT2D eigenvalue weighted by Gasteiger charge is 2.24. The van der Waals surface area contributed by atoms with Crippen molar-refractivity contribution >= 4 is 29.8 Å². The Kier molecular flexibility index (Phi) is 9.41. The zero-order valence-corrected chi connectivity index (χ0v) is 17.5. The maximum absolute atomic E-state index is 12.2. The summed E-state index contributed by atoms with van der Waals surface area (Å²) in [5.74, 6) is -2.70. The molecule has 0 rings (SSSR count). The lowest BCUT2D eigenvalue weighted by atomic mass is 10.2. The van der Waals surface area contributed by atoms with E-state index >= 15 is 0 Å². The fourth-order valence-corrected chi connectivity index (χ4v) is 1.84. The van der Waals surface area contributed by atoms with Crippen LogP contribution in [0, 0.1) is 0 Å². The van der Waals surface area contributed by atoms with Gasteiger partial charge in [0.05, 0.1) is 13.1 Å². The highest BCUT2D eigenvalue weighted by molar-refractivity contribution is 5.90. The van der Waals surface area contributed by atoms with Crippen LogP contribution in [0.4, 0.5) is 4.79 Å². The number of likely N-dealkylation sites (N-methyl/N-ethyl adjacent to an activating group) is 4. The first-order valence-electron chi connectivity index (χ1n) is 8.51. The van der Waals surface area contributed by atoms with Crippen molar-refractivity contribution in [2.75, 3.05) is 54.4 Å². The molecular weight excluding hydrogens is 372 g/mol. The molecule has 0 fully saturated rings. The molecule has 160 valence electrons. The summed E-state index contributed by atoms with van der Waals surface area (Å²) in [4.78, 5) is 63.1. The third kappa shape index (κ3) is 9.74. The van der Waals surface area contributed by atoms with Crippen LogP contribution >= 0.6 is 0 Å². The van der Waals surface area contributed by atoms with Crippen LogP contribution in [0.1, 0.15) is 20.8 Å². The van der Waals surface area contributed by atoms with Gasteiger partial charge >= 0.3 is 12.1 Å². The van der Waals surface area contributed by atoms with Gasteiger partial charge in [0.25, 0.3) is 0 Å². The van der Waals surface area contributed by atoms with Crippen molar-refractivity contribution in [2.24, 2.45) is 0 Å². The van der Waals surface area contributed by atoms with Gasteiger partial charge in [0.2, 0.25) is 17.7 Å². The number of ether oxygens (including phenoxy) is 1. The molecule has 4 amide bonds.